The van der Waals surface area contributed by atoms with E-state index in [0.29, 0.717) is 30.4 Å². The molecule has 1 aromatic rings. The van der Waals surface area contributed by atoms with Gasteiger partial charge in [-0.1, -0.05) is 0 Å². The predicted molar refractivity (Wildman–Crippen MR) is 64.8 cm³/mol. The number of methoxy groups -OCH3 is 1. The molecule has 0 atom stereocenters. The van der Waals surface area contributed by atoms with Crippen molar-refractivity contribution in [3.05, 3.63) is 18.2 Å². The van der Waals surface area contributed by atoms with Crippen LogP contribution in [-0.4, -0.2) is 26.4 Å². The fraction of sp³-hybridized carbons (Fsp3) is 0.417. The highest BCUT2D eigenvalue weighted by Crippen LogP contribution is 2.29. The number of carbonyl (C=O) groups is 1. The van der Waals surface area contributed by atoms with Crippen molar-refractivity contribution in [1.29, 1.82) is 0 Å². The molecule has 5 heteroatoms. The standard InChI is InChI=1S/C12H17NO4/c1-4-16-9-6-7-11(17-5-2)10(8-9)13-12(14)15-3/h6-8H,4-5H2,1-3H3,(H,13,14). The van der Waals surface area contributed by atoms with Crippen LogP contribution in [0.5, 0.6) is 11.5 Å². The molecular formula is C12H17NO4. The minimum absolute atomic E-state index is 0.518. The number of anilines is 1. The predicted octanol–water partition coefficient (Wildman–Crippen LogP) is 2.66. The van der Waals surface area contributed by atoms with Gasteiger partial charge in [0.1, 0.15) is 11.5 Å². The van der Waals surface area contributed by atoms with Crippen LogP contribution in [0.15, 0.2) is 18.2 Å². The molecule has 0 aliphatic heterocycles. The van der Waals surface area contributed by atoms with Crippen LogP contribution in [0.25, 0.3) is 0 Å². The highest BCUT2D eigenvalue weighted by Gasteiger charge is 2.09. The lowest BCUT2D eigenvalue weighted by molar-refractivity contribution is 0.186. The molecular weight excluding hydrogens is 222 g/mol. The van der Waals surface area contributed by atoms with Gasteiger partial charge in [-0.2, -0.15) is 0 Å². The van der Waals surface area contributed by atoms with Crippen molar-refractivity contribution in [1.82, 2.24) is 0 Å². The Hall–Kier alpha value is -1.91. The maximum atomic E-state index is 11.2. The van der Waals surface area contributed by atoms with Gasteiger partial charge >= 0.3 is 6.09 Å². The lowest BCUT2D eigenvalue weighted by Gasteiger charge is -2.12. The van der Waals surface area contributed by atoms with E-state index in [1.807, 2.05) is 13.8 Å². The zero-order chi connectivity index (χ0) is 12.7. The minimum Gasteiger partial charge on any atom is -0.494 e. The first-order valence-electron chi connectivity index (χ1n) is 5.45. The summed E-state index contributed by atoms with van der Waals surface area (Å²) in [5.74, 6) is 1.25. The summed E-state index contributed by atoms with van der Waals surface area (Å²) >= 11 is 0. The molecule has 1 amide bonds. The van der Waals surface area contributed by atoms with Crippen molar-refractivity contribution in [3.63, 3.8) is 0 Å². The first-order valence-corrected chi connectivity index (χ1v) is 5.45. The van der Waals surface area contributed by atoms with Gasteiger partial charge < -0.3 is 14.2 Å². The maximum absolute atomic E-state index is 11.2. The Bertz CT molecular complexity index is 379. The van der Waals surface area contributed by atoms with Crippen LogP contribution in [0.1, 0.15) is 13.8 Å². The molecule has 1 N–H and O–H groups in total. The van der Waals surface area contributed by atoms with Crippen LogP contribution in [0.2, 0.25) is 0 Å². The van der Waals surface area contributed by atoms with E-state index < -0.39 is 6.09 Å². The van der Waals surface area contributed by atoms with E-state index in [2.05, 4.69) is 10.1 Å². The topological polar surface area (TPSA) is 56.8 Å². The number of amides is 1. The third-order valence-corrected chi connectivity index (χ3v) is 1.98. The van der Waals surface area contributed by atoms with Gasteiger partial charge in [-0.25, -0.2) is 4.79 Å². The second-order valence-corrected chi connectivity index (χ2v) is 3.14. The van der Waals surface area contributed by atoms with Crippen molar-refractivity contribution in [2.45, 2.75) is 13.8 Å². The fourth-order valence-electron chi connectivity index (χ4n) is 1.31. The van der Waals surface area contributed by atoms with Crippen LogP contribution in [0.3, 0.4) is 0 Å². The Balaban J connectivity index is 2.93. The van der Waals surface area contributed by atoms with Crippen molar-refractivity contribution in [3.8, 4) is 11.5 Å². The van der Waals surface area contributed by atoms with Gasteiger partial charge in [-0.3, -0.25) is 5.32 Å². The normalized spacial score (nSPS) is 9.59. The quantitative estimate of drug-likeness (QED) is 0.858. The smallest absolute Gasteiger partial charge is 0.411 e. The largest absolute Gasteiger partial charge is 0.494 e. The number of hydrogen-bond acceptors (Lipinski definition) is 4. The second-order valence-electron chi connectivity index (χ2n) is 3.14. The monoisotopic (exact) mass is 239 g/mol. The van der Waals surface area contributed by atoms with Gasteiger partial charge in [0.25, 0.3) is 0 Å². The van der Waals surface area contributed by atoms with Crippen LogP contribution in [0, 0.1) is 0 Å². The molecule has 0 unspecified atom stereocenters. The highest BCUT2D eigenvalue weighted by molar-refractivity contribution is 5.87. The van der Waals surface area contributed by atoms with Crippen molar-refractivity contribution in [2.75, 3.05) is 25.6 Å². The van der Waals surface area contributed by atoms with Gasteiger partial charge in [-0.05, 0) is 26.0 Å². The summed E-state index contributed by atoms with van der Waals surface area (Å²) in [6.45, 7) is 4.84. The SMILES string of the molecule is CCOc1ccc(OCC)c(NC(=O)OC)c1. The molecule has 0 aliphatic carbocycles. The molecule has 1 rings (SSSR count). The van der Waals surface area contributed by atoms with Crippen LogP contribution in [-0.2, 0) is 4.74 Å². The number of nitrogens with one attached hydrogen (secondary N) is 1. The summed E-state index contributed by atoms with van der Waals surface area (Å²) in [5.41, 5.74) is 0.532. The Morgan fingerprint density at radius 1 is 1.24 bits per heavy atom. The van der Waals surface area contributed by atoms with Gasteiger partial charge in [0, 0.05) is 6.07 Å². The van der Waals surface area contributed by atoms with Crippen molar-refractivity contribution in [2.24, 2.45) is 0 Å². The molecule has 0 saturated heterocycles. The third kappa shape index (κ3) is 3.86. The summed E-state index contributed by atoms with van der Waals surface area (Å²) < 4.78 is 15.3. The molecule has 0 radical (unpaired) electrons. The van der Waals surface area contributed by atoms with E-state index in [4.69, 9.17) is 9.47 Å². The minimum atomic E-state index is -0.542. The number of carbonyl (C=O) groups excluding carboxylic acids is 1. The first kappa shape index (κ1) is 13.2. The van der Waals surface area contributed by atoms with Crippen LogP contribution >= 0.6 is 0 Å². The molecule has 5 nitrogen and oxygen atoms in total. The average molecular weight is 239 g/mol. The molecule has 94 valence electrons. The number of hydrogen-bond donors (Lipinski definition) is 1. The van der Waals surface area contributed by atoms with Crippen molar-refractivity contribution < 1.29 is 19.0 Å². The summed E-state index contributed by atoms with van der Waals surface area (Å²) in [6.07, 6.45) is -0.542. The van der Waals surface area contributed by atoms with E-state index in [0.717, 1.165) is 0 Å². The Labute approximate surface area is 101 Å². The third-order valence-electron chi connectivity index (χ3n) is 1.98. The molecule has 0 heterocycles. The van der Waals surface area contributed by atoms with Crippen LogP contribution in [0.4, 0.5) is 10.5 Å². The zero-order valence-corrected chi connectivity index (χ0v) is 10.3. The fourth-order valence-corrected chi connectivity index (χ4v) is 1.31. The lowest BCUT2D eigenvalue weighted by atomic mass is 10.2. The first-order chi connectivity index (χ1) is 8.21. The number of benzene rings is 1. The molecule has 17 heavy (non-hydrogen) atoms. The molecule has 0 spiro atoms. The molecule has 1 aromatic carbocycles. The van der Waals surface area contributed by atoms with E-state index in [1.54, 1.807) is 18.2 Å². The molecule has 0 aromatic heterocycles. The summed E-state index contributed by atoms with van der Waals surface area (Å²) in [4.78, 5) is 11.2. The Morgan fingerprint density at radius 2 is 1.94 bits per heavy atom. The molecule has 0 fully saturated rings. The number of rotatable bonds is 5. The molecule has 0 bridgehead atoms. The maximum Gasteiger partial charge on any atom is 0.411 e. The van der Waals surface area contributed by atoms with Gasteiger partial charge in [0.15, 0.2) is 0 Å². The van der Waals surface area contributed by atoms with Gasteiger partial charge in [-0.15, -0.1) is 0 Å². The van der Waals surface area contributed by atoms with E-state index in [9.17, 15) is 4.79 Å². The van der Waals surface area contributed by atoms with Gasteiger partial charge in [0.2, 0.25) is 0 Å². The average Bonchev–Trinajstić information content (AvgIpc) is 2.33. The highest BCUT2D eigenvalue weighted by atomic mass is 16.5. The van der Waals surface area contributed by atoms with E-state index in [1.165, 1.54) is 7.11 Å². The summed E-state index contributed by atoms with van der Waals surface area (Å²) in [5, 5.41) is 2.58. The summed E-state index contributed by atoms with van der Waals surface area (Å²) in [6, 6.07) is 5.24. The Kier molecular flexibility index (Phi) is 5.13. The number of ether oxygens (including phenoxy) is 3. The van der Waals surface area contributed by atoms with Crippen LogP contribution < -0.4 is 14.8 Å². The van der Waals surface area contributed by atoms with E-state index >= 15 is 0 Å². The lowest BCUT2D eigenvalue weighted by Crippen LogP contribution is -2.12. The van der Waals surface area contributed by atoms with E-state index in [-0.39, 0.29) is 0 Å². The Morgan fingerprint density at radius 3 is 2.53 bits per heavy atom. The molecule has 0 saturated carbocycles. The zero-order valence-electron chi connectivity index (χ0n) is 10.3. The molecule has 0 aliphatic rings. The van der Waals surface area contributed by atoms with Crippen molar-refractivity contribution >= 4 is 11.8 Å². The second kappa shape index (κ2) is 6.62. The summed E-state index contributed by atoms with van der Waals surface area (Å²) in [7, 11) is 1.31. The van der Waals surface area contributed by atoms with Gasteiger partial charge in [0.05, 0.1) is 26.0 Å².